The van der Waals surface area contributed by atoms with Gasteiger partial charge in [-0.3, -0.25) is 4.79 Å². The molecule has 0 amide bonds. The van der Waals surface area contributed by atoms with Crippen molar-refractivity contribution in [3.63, 3.8) is 0 Å². The molecule has 0 N–H and O–H groups in total. The molecule has 0 bridgehead atoms. The summed E-state index contributed by atoms with van der Waals surface area (Å²) >= 11 is 0. The predicted octanol–water partition coefficient (Wildman–Crippen LogP) is 0.495. The molecule has 0 spiro atoms. The SMILES string of the molecule is O=C1Cc2cc(OCC3CO3)ccc2OC1=O. The molecule has 2 aliphatic rings. The van der Waals surface area contributed by atoms with Gasteiger partial charge in [-0.2, -0.15) is 0 Å². The monoisotopic (exact) mass is 234 g/mol. The summed E-state index contributed by atoms with van der Waals surface area (Å²) in [7, 11) is 0. The van der Waals surface area contributed by atoms with Gasteiger partial charge in [-0.1, -0.05) is 0 Å². The second-order valence-electron chi connectivity index (χ2n) is 4.03. The Morgan fingerprint density at radius 2 is 2.18 bits per heavy atom. The molecule has 0 radical (unpaired) electrons. The van der Waals surface area contributed by atoms with Crippen LogP contribution in [-0.4, -0.2) is 31.1 Å². The van der Waals surface area contributed by atoms with Gasteiger partial charge in [0.15, 0.2) is 0 Å². The highest BCUT2D eigenvalue weighted by molar-refractivity contribution is 6.35. The van der Waals surface area contributed by atoms with Crippen LogP contribution in [0.3, 0.4) is 0 Å². The minimum Gasteiger partial charge on any atom is -0.491 e. The molecule has 0 saturated carbocycles. The van der Waals surface area contributed by atoms with Gasteiger partial charge in [0.2, 0.25) is 5.78 Å². The third-order valence-corrected chi connectivity index (χ3v) is 2.65. The first kappa shape index (κ1) is 10.3. The van der Waals surface area contributed by atoms with E-state index in [9.17, 15) is 9.59 Å². The number of carbonyl (C=O) groups excluding carboxylic acids is 2. The van der Waals surface area contributed by atoms with Crippen LogP contribution >= 0.6 is 0 Å². The van der Waals surface area contributed by atoms with Crippen LogP contribution < -0.4 is 9.47 Å². The maximum Gasteiger partial charge on any atom is 0.380 e. The summed E-state index contributed by atoms with van der Waals surface area (Å²) in [5, 5.41) is 0. The lowest BCUT2D eigenvalue weighted by molar-refractivity contribution is -0.147. The molecule has 3 rings (SSSR count). The summed E-state index contributed by atoms with van der Waals surface area (Å²) in [4.78, 5) is 22.3. The number of hydrogen-bond acceptors (Lipinski definition) is 5. The van der Waals surface area contributed by atoms with Gasteiger partial charge in [-0.15, -0.1) is 0 Å². The Kier molecular flexibility index (Phi) is 2.33. The summed E-state index contributed by atoms with van der Waals surface area (Å²) in [5.41, 5.74) is 0.684. The van der Waals surface area contributed by atoms with Gasteiger partial charge >= 0.3 is 5.97 Å². The number of benzene rings is 1. The molecular formula is C12H10O5. The summed E-state index contributed by atoms with van der Waals surface area (Å²) in [6, 6.07) is 5.08. The van der Waals surface area contributed by atoms with E-state index in [0.717, 1.165) is 6.61 Å². The fourth-order valence-corrected chi connectivity index (χ4v) is 1.64. The van der Waals surface area contributed by atoms with E-state index in [-0.39, 0.29) is 12.5 Å². The lowest BCUT2D eigenvalue weighted by Gasteiger charge is -2.15. The van der Waals surface area contributed by atoms with Gasteiger partial charge in [-0.25, -0.2) is 4.79 Å². The first-order valence-electron chi connectivity index (χ1n) is 5.35. The summed E-state index contributed by atoms with van der Waals surface area (Å²) in [6.07, 6.45) is 0.260. The second kappa shape index (κ2) is 3.85. The number of fused-ring (bicyclic) bond motifs is 1. The van der Waals surface area contributed by atoms with Crippen LogP contribution in [0.5, 0.6) is 11.5 Å². The Labute approximate surface area is 97.3 Å². The summed E-state index contributed by atoms with van der Waals surface area (Å²) in [6.45, 7) is 1.24. The predicted molar refractivity (Wildman–Crippen MR) is 56.0 cm³/mol. The average Bonchev–Trinajstić information content (AvgIpc) is 3.12. The smallest absolute Gasteiger partial charge is 0.380 e. The van der Waals surface area contributed by atoms with E-state index in [0.29, 0.717) is 23.7 Å². The molecule has 5 nitrogen and oxygen atoms in total. The van der Waals surface area contributed by atoms with Crippen molar-refractivity contribution in [1.82, 2.24) is 0 Å². The van der Waals surface area contributed by atoms with Crippen LogP contribution in [0.1, 0.15) is 5.56 Å². The number of rotatable bonds is 3. The van der Waals surface area contributed by atoms with E-state index in [2.05, 4.69) is 0 Å². The lowest BCUT2D eigenvalue weighted by Crippen LogP contribution is -2.27. The number of carbonyl (C=O) groups is 2. The Morgan fingerprint density at radius 3 is 2.94 bits per heavy atom. The molecule has 1 unspecified atom stereocenters. The molecule has 1 atom stereocenters. The van der Waals surface area contributed by atoms with E-state index in [1.165, 1.54) is 0 Å². The van der Waals surface area contributed by atoms with Gasteiger partial charge in [0.25, 0.3) is 0 Å². The number of epoxide rings is 1. The molecule has 2 heterocycles. The quantitative estimate of drug-likeness (QED) is 0.329. The van der Waals surface area contributed by atoms with E-state index >= 15 is 0 Å². The van der Waals surface area contributed by atoms with Crippen LogP contribution in [0, 0.1) is 0 Å². The molecule has 2 aliphatic heterocycles. The van der Waals surface area contributed by atoms with Crippen LogP contribution in [-0.2, 0) is 20.7 Å². The molecule has 0 aromatic heterocycles. The third-order valence-electron chi connectivity index (χ3n) is 2.65. The fraction of sp³-hybridized carbons (Fsp3) is 0.333. The Hall–Kier alpha value is -1.88. The van der Waals surface area contributed by atoms with Crippen molar-refractivity contribution >= 4 is 11.8 Å². The Balaban J connectivity index is 1.77. The highest BCUT2D eigenvalue weighted by atomic mass is 16.6. The number of ether oxygens (including phenoxy) is 3. The third kappa shape index (κ3) is 2.14. The van der Waals surface area contributed by atoms with Crippen molar-refractivity contribution < 1.29 is 23.8 Å². The first-order valence-corrected chi connectivity index (χ1v) is 5.35. The summed E-state index contributed by atoms with van der Waals surface area (Å²) < 4.78 is 15.4. The minimum atomic E-state index is -0.794. The summed E-state index contributed by atoms with van der Waals surface area (Å²) in [5.74, 6) is -0.229. The number of esters is 1. The zero-order valence-corrected chi connectivity index (χ0v) is 8.97. The zero-order chi connectivity index (χ0) is 11.8. The van der Waals surface area contributed by atoms with Crippen molar-refractivity contribution in [3.05, 3.63) is 23.8 Å². The molecule has 1 aromatic rings. The topological polar surface area (TPSA) is 65.1 Å². The van der Waals surface area contributed by atoms with Crippen LogP contribution in [0.15, 0.2) is 18.2 Å². The molecule has 1 aromatic carbocycles. The second-order valence-corrected chi connectivity index (χ2v) is 4.03. The van der Waals surface area contributed by atoms with Crippen molar-refractivity contribution in [2.45, 2.75) is 12.5 Å². The minimum absolute atomic E-state index is 0.0747. The highest BCUT2D eigenvalue weighted by Crippen LogP contribution is 2.28. The van der Waals surface area contributed by atoms with E-state index < -0.39 is 11.8 Å². The van der Waals surface area contributed by atoms with Gasteiger partial charge in [0.05, 0.1) is 6.61 Å². The van der Waals surface area contributed by atoms with Crippen molar-refractivity contribution in [3.8, 4) is 11.5 Å². The van der Waals surface area contributed by atoms with Crippen molar-refractivity contribution in [1.29, 1.82) is 0 Å². The maximum absolute atomic E-state index is 11.2. The van der Waals surface area contributed by atoms with E-state index in [1.54, 1.807) is 18.2 Å². The molecule has 1 fully saturated rings. The van der Waals surface area contributed by atoms with Gasteiger partial charge < -0.3 is 14.2 Å². The first-order chi connectivity index (χ1) is 8.22. The lowest BCUT2D eigenvalue weighted by atomic mass is 10.1. The number of Topliss-reactive ketones (excluding diaryl/α,β-unsaturated/α-hetero) is 1. The molecule has 17 heavy (non-hydrogen) atoms. The molecule has 0 aliphatic carbocycles. The average molecular weight is 234 g/mol. The largest absolute Gasteiger partial charge is 0.491 e. The zero-order valence-electron chi connectivity index (χ0n) is 8.97. The highest BCUT2D eigenvalue weighted by Gasteiger charge is 2.27. The van der Waals surface area contributed by atoms with E-state index in [1.807, 2.05) is 0 Å². The van der Waals surface area contributed by atoms with Crippen molar-refractivity contribution in [2.24, 2.45) is 0 Å². The van der Waals surface area contributed by atoms with Gasteiger partial charge in [0, 0.05) is 12.0 Å². The van der Waals surface area contributed by atoms with Gasteiger partial charge in [-0.05, 0) is 18.2 Å². The molecular weight excluding hydrogens is 224 g/mol. The standard InChI is InChI=1S/C12H10O5/c13-10-4-7-3-8(15-5-9-6-16-9)1-2-11(7)17-12(10)14/h1-3,9H,4-6H2. The molecule has 88 valence electrons. The Bertz CT molecular complexity index is 490. The maximum atomic E-state index is 11.2. The normalized spacial score (nSPS) is 21.8. The fourth-order valence-electron chi connectivity index (χ4n) is 1.64. The van der Waals surface area contributed by atoms with Gasteiger partial charge in [0.1, 0.15) is 24.2 Å². The van der Waals surface area contributed by atoms with Crippen LogP contribution in [0.25, 0.3) is 0 Å². The molecule has 1 saturated heterocycles. The van der Waals surface area contributed by atoms with Crippen LogP contribution in [0.2, 0.25) is 0 Å². The molecule has 5 heteroatoms. The number of ketones is 1. The van der Waals surface area contributed by atoms with E-state index in [4.69, 9.17) is 14.2 Å². The van der Waals surface area contributed by atoms with Crippen LogP contribution in [0.4, 0.5) is 0 Å². The van der Waals surface area contributed by atoms with Crippen molar-refractivity contribution in [2.75, 3.05) is 13.2 Å². The number of hydrogen-bond donors (Lipinski definition) is 0. The Morgan fingerprint density at radius 1 is 1.35 bits per heavy atom.